The Morgan fingerprint density at radius 2 is 2.00 bits per heavy atom. The molecule has 0 unspecified atom stereocenters. The predicted molar refractivity (Wildman–Crippen MR) is 83.8 cm³/mol. The van der Waals surface area contributed by atoms with E-state index in [2.05, 4.69) is 52.4 Å². The van der Waals surface area contributed by atoms with Gasteiger partial charge in [0.05, 0.1) is 5.69 Å². The summed E-state index contributed by atoms with van der Waals surface area (Å²) in [6.45, 7) is 4.08. The lowest BCUT2D eigenvalue weighted by Crippen LogP contribution is -2.27. The zero-order chi connectivity index (χ0) is 13.9. The van der Waals surface area contributed by atoms with E-state index in [1.54, 1.807) is 0 Å². The van der Waals surface area contributed by atoms with E-state index in [1.807, 2.05) is 0 Å². The SMILES string of the molecule is CCc1nc(Cc2ccc(Br)cc2)nc2c1CCNC2. The van der Waals surface area contributed by atoms with E-state index in [1.165, 1.54) is 22.5 Å². The average molecular weight is 332 g/mol. The maximum absolute atomic E-state index is 4.77. The van der Waals surface area contributed by atoms with E-state index in [9.17, 15) is 0 Å². The number of nitrogens with one attached hydrogen (secondary N) is 1. The Labute approximate surface area is 128 Å². The molecule has 0 amide bonds. The van der Waals surface area contributed by atoms with Gasteiger partial charge in [-0.05, 0) is 42.6 Å². The van der Waals surface area contributed by atoms with Crippen LogP contribution in [0.15, 0.2) is 28.7 Å². The number of benzene rings is 1. The van der Waals surface area contributed by atoms with Crippen molar-refractivity contribution in [3.05, 3.63) is 57.1 Å². The highest BCUT2D eigenvalue weighted by molar-refractivity contribution is 9.10. The van der Waals surface area contributed by atoms with E-state index in [0.717, 1.165) is 42.6 Å². The van der Waals surface area contributed by atoms with E-state index in [0.29, 0.717) is 0 Å². The third-order valence-corrected chi connectivity index (χ3v) is 4.21. The van der Waals surface area contributed by atoms with Crippen molar-refractivity contribution in [2.24, 2.45) is 0 Å². The van der Waals surface area contributed by atoms with Crippen molar-refractivity contribution in [2.45, 2.75) is 32.7 Å². The van der Waals surface area contributed by atoms with E-state index < -0.39 is 0 Å². The smallest absolute Gasteiger partial charge is 0.133 e. The number of halogens is 1. The van der Waals surface area contributed by atoms with Crippen molar-refractivity contribution in [3.63, 3.8) is 0 Å². The summed E-state index contributed by atoms with van der Waals surface area (Å²) in [6.07, 6.45) is 2.84. The van der Waals surface area contributed by atoms with Gasteiger partial charge in [0.2, 0.25) is 0 Å². The molecule has 4 heteroatoms. The molecule has 0 bridgehead atoms. The third-order valence-electron chi connectivity index (χ3n) is 3.68. The number of hydrogen-bond acceptors (Lipinski definition) is 3. The zero-order valence-corrected chi connectivity index (χ0v) is 13.2. The molecular weight excluding hydrogens is 314 g/mol. The zero-order valence-electron chi connectivity index (χ0n) is 11.6. The number of fused-ring (bicyclic) bond motifs is 1. The fourth-order valence-corrected chi connectivity index (χ4v) is 2.91. The highest BCUT2D eigenvalue weighted by atomic mass is 79.9. The fraction of sp³-hybridized carbons (Fsp3) is 0.375. The van der Waals surface area contributed by atoms with Gasteiger partial charge in [0.25, 0.3) is 0 Å². The molecule has 0 fully saturated rings. The van der Waals surface area contributed by atoms with Crippen LogP contribution in [0.4, 0.5) is 0 Å². The minimum atomic E-state index is 0.799. The van der Waals surface area contributed by atoms with Crippen LogP contribution >= 0.6 is 15.9 Å². The molecule has 0 spiro atoms. The van der Waals surface area contributed by atoms with Gasteiger partial charge >= 0.3 is 0 Å². The highest BCUT2D eigenvalue weighted by Crippen LogP contribution is 2.18. The molecule has 3 nitrogen and oxygen atoms in total. The van der Waals surface area contributed by atoms with Crippen LogP contribution in [0.5, 0.6) is 0 Å². The first-order chi connectivity index (χ1) is 9.76. The van der Waals surface area contributed by atoms with Gasteiger partial charge in [-0.2, -0.15) is 0 Å². The van der Waals surface area contributed by atoms with Gasteiger partial charge in [-0.15, -0.1) is 0 Å². The monoisotopic (exact) mass is 331 g/mol. The van der Waals surface area contributed by atoms with Gasteiger partial charge in [-0.25, -0.2) is 9.97 Å². The molecule has 1 N–H and O–H groups in total. The molecule has 1 aromatic heterocycles. The second-order valence-electron chi connectivity index (χ2n) is 5.10. The van der Waals surface area contributed by atoms with Crippen LogP contribution in [0.2, 0.25) is 0 Å². The molecule has 2 heterocycles. The lowest BCUT2D eigenvalue weighted by Gasteiger charge is -2.19. The molecule has 1 aromatic carbocycles. The van der Waals surface area contributed by atoms with Gasteiger partial charge in [0.1, 0.15) is 5.82 Å². The Hall–Kier alpha value is -1.26. The molecule has 0 saturated heterocycles. The van der Waals surface area contributed by atoms with Crippen LogP contribution in [0.1, 0.15) is 35.3 Å². The van der Waals surface area contributed by atoms with Gasteiger partial charge in [0, 0.05) is 23.1 Å². The lowest BCUT2D eigenvalue weighted by atomic mass is 10.0. The molecule has 104 valence electrons. The minimum absolute atomic E-state index is 0.799. The fourth-order valence-electron chi connectivity index (χ4n) is 2.65. The maximum atomic E-state index is 4.77. The second-order valence-corrected chi connectivity index (χ2v) is 6.01. The topological polar surface area (TPSA) is 37.8 Å². The Morgan fingerprint density at radius 1 is 1.20 bits per heavy atom. The molecule has 1 aliphatic heterocycles. The minimum Gasteiger partial charge on any atom is -0.311 e. The van der Waals surface area contributed by atoms with Crippen LogP contribution < -0.4 is 5.32 Å². The Bertz CT molecular complexity index is 591. The van der Waals surface area contributed by atoms with Gasteiger partial charge in [0.15, 0.2) is 0 Å². The van der Waals surface area contributed by atoms with Crippen molar-refractivity contribution in [3.8, 4) is 0 Å². The molecule has 0 saturated carbocycles. The third kappa shape index (κ3) is 2.91. The van der Waals surface area contributed by atoms with Crippen molar-refractivity contribution in [2.75, 3.05) is 6.54 Å². The van der Waals surface area contributed by atoms with Crippen molar-refractivity contribution >= 4 is 15.9 Å². The second kappa shape index (κ2) is 6.02. The normalized spacial score (nSPS) is 14.1. The highest BCUT2D eigenvalue weighted by Gasteiger charge is 2.16. The van der Waals surface area contributed by atoms with Crippen LogP contribution in [0.25, 0.3) is 0 Å². The van der Waals surface area contributed by atoms with Gasteiger partial charge < -0.3 is 5.32 Å². The molecule has 20 heavy (non-hydrogen) atoms. The average Bonchev–Trinajstić information content (AvgIpc) is 2.49. The molecular formula is C16H18BrN3. The van der Waals surface area contributed by atoms with Crippen LogP contribution in [0, 0.1) is 0 Å². The Kier molecular flexibility index (Phi) is 4.13. The largest absolute Gasteiger partial charge is 0.311 e. The summed E-state index contributed by atoms with van der Waals surface area (Å²) in [5, 5.41) is 3.39. The predicted octanol–water partition coefficient (Wildman–Crippen LogP) is 3.04. The van der Waals surface area contributed by atoms with Crippen molar-refractivity contribution < 1.29 is 0 Å². The lowest BCUT2D eigenvalue weighted by molar-refractivity contribution is 0.610. The maximum Gasteiger partial charge on any atom is 0.133 e. The molecule has 0 aliphatic carbocycles. The van der Waals surface area contributed by atoms with Gasteiger partial charge in [-0.1, -0.05) is 35.0 Å². The summed E-state index contributed by atoms with van der Waals surface area (Å²) in [5.74, 6) is 0.937. The number of nitrogens with zero attached hydrogens (tertiary/aromatic N) is 2. The summed E-state index contributed by atoms with van der Waals surface area (Å²) in [6, 6.07) is 8.37. The van der Waals surface area contributed by atoms with E-state index in [4.69, 9.17) is 9.97 Å². The molecule has 2 aromatic rings. The summed E-state index contributed by atoms with van der Waals surface area (Å²) in [5.41, 5.74) is 5.03. The first kappa shape index (κ1) is 13.7. The molecule has 0 atom stereocenters. The molecule has 3 rings (SSSR count). The van der Waals surface area contributed by atoms with E-state index in [-0.39, 0.29) is 0 Å². The van der Waals surface area contributed by atoms with Crippen molar-refractivity contribution in [1.82, 2.24) is 15.3 Å². The Balaban J connectivity index is 1.91. The van der Waals surface area contributed by atoms with Gasteiger partial charge in [-0.3, -0.25) is 0 Å². The van der Waals surface area contributed by atoms with E-state index >= 15 is 0 Å². The molecule has 1 aliphatic rings. The summed E-state index contributed by atoms with van der Waals surface area (Å²) < 4.78 is 1.10. The first-order valence-corrected chi connectivity index (χ1v) is 7.88. The number of rotatable bonds is 3. The first-order valence-electron chi connectivity index (χ1n) is 7.09. The van der Waals surface area contributed by atoms with Crippen LogP contribution in [0.3, 0.4) is 0 Å². The number of aromatic nitrogens is 2. The standard InChI is InChI=1S/C16H18BrN3/c1-2-14-13-7-8-18-10-15(13)20-16(19-14)9-11-3-5-12(17)6-4-11/h3-6,18H,2,7-10H2,1H3. The molecule has 0 radical (unpaired) electrons. The van der Waals surface area contributed by atoms with Crippen LogP contribution in [-0.4, -0.2) is 16.5 Å². The number of aryl methyl sites for hydroxylation is 1. The van der Waals surface area contributed by atoms with Crippen molar-refractivity contribution in [1.29, 1.82) is 0 Å². The summed E-state index contributed by atoms with van der Waals surface area (Å²) in [7, 11) is 0. The Morgan fingerprint density at radius 3 is 2.75 bits per heavy atom. The van der Waals surface area contributed by atoms with Crippen LogP contribution in [-0.2, 0) is 25.8 Å². The summed E-state index contributed by atoms with van der Waals surface area (Å²) >= 11 is 3.46. The summed E-state index contributed by atoms with van der Waals surface area (Å²) in [4.78, 5) is 9.53. The quantitative estimate of drug-likeness (QED) is 0.939. The number of hydrogen-bond donors (Lipinski definition) is 1.